The third kappa shape index (κ3) is 2.41. The van der Waals surface area contributed by atoms with Gasteiger partial charge in [-0.1, -0.05) is 17.7 Å². The molecule has 0 aliphatic heterocycles. The molecule has 0 amide bonds. The van der Waals surface area contributed by atoms with Gasteiger partial charge in [-0.3, -0.25) is 0 Å². The van der Waals surface area contributed by atoms with Gasteiger partial charge in [0.05, 0.1) is 18.8 Å². The Labute approximate surface area is 123 Å². The minimum absolute atomic E-state index is 0.276. The van der Waals surface area contributed by atoms with E-state index in [-0.39, 0.29) is 6.04 Å². The van der Waals surface area contributed by atoms with Crippen LogP contribution in [-0.4, -0.2) is 7.11 Å². The van der Waals surface area contributed by atoms with E-state index >= 15 is 0 Å². The fourth-order valence-electron chi connectivity index (χ4n) is 2.77. The zero-order valence-corrected chi connectivity index (χ0v) is 12.1. The topological polar surface area (TPSA) is 47.3 Å². The summed E-state index contributed by atoms with van der Waals surface area (Å²) in [5.74, 6) is 0.804. The third-order valence-corrected chi connectivity index (χ3v) is 3.97. The predicted molar refractivity (Wildman–Crippen MR) is 83.5 cm³/mol. The zero-order chi connectivity index (χ0) is 14.1. The van der Waals surface area contributed by atoms with E-state index in [2.05, 4.69) is 17.4 Å². The average molecular weight is 289 g/mol. The van der Waals surface area contributed by atoms with Crippen LogP contribution in [0.3, 0.4) is 0 Å². The molecule has 3 N–H and O–H groups in total. The maximum Gasteiger partial charge on any atom is 0.142 e. The lowest BCUT2D eigenvalue weighted by atomic mass is 10.1. The second-order valence-electron chi connectivity index (χ2n) is 5.04. The Balaban J connectivity index is 1.89. The van der Waals surface area contributed by atoms with E-state index in [1.165, 1.54) is 11.1 Å². The van der Waals surface area contributed by atoms with Crippen molar-refractivity contribution in [2.75, 3.05) is 18.2 Å². The fraction of sp³-hybridized carbons (Fsp3) is 0.250. The van der Waals surface area contributed by atoms with E-state index in [0.717, 1.165) is 30.0 Å². The van der Waals surface area contributed by atoms with E-state index in [1.54, 1.807) is 7.11 Å². The smallest absolute Gasteiger partial charge is 0.142 e. The molecule has 20 heavy (non-hydrogen) atoms. The van der Waals surface area contributed by atoms with Crippen LogP contribution in [0.4, 0.5) is 11.4 Å². The number of hydrogen-bond acceptors (Lipinski definition) is 3. The number of hydrogen-bond donors (Lipinski definition) is 2. The van der Waals surface area contributed by atoms with E-state index < -0.39 is 0 Å². The highest BCUT2D eigenvalue weighted by atomic mass is 35.5. The maximum atomic E-state index is 6.07. The van der Waals surface area contributed by atoms with Crippen molar-refractivity contribution in [3.8, 4) is 5.75 Å². The predicted octanol–water partition coefficient (Wildman–Crippen LogP) is 4.03. The molecule has 0 heterocycles. The summed E-state index contributed by atoms with van der Waals surface area (Å²) in [4.78, 5) is 0. The molecule has 0 saturated carbocycles. The minimum atomic E-state index is 0.276. The highest BCUT2D eigenvalue weighted by molar-refractivity contribution is 6.30. The summed E-state index contributed by atoms with van der Waals surface area (Å²) in [6.07, 6.45) is 2.09. The first kappa shape index (κ1) is 13.1. The molecular formula is C16H17ClN2O. The summed E-state index contributed by atoms with van der Waals surface area (Å²) < 4.78 is 5.38. The molecule has 0 saturated heterocycles. The number of rotatable bonds is 3. The maximum absolute atomic E-state index is 6.07. The van der Waals surface area contributed by atoms with E-state index in [4.69, 9.17) is 22.1 Å². The van der Waals surface area contributed by atoms with Crippen LogP contribution in [0.15, 0.2) is 36.4 Å². The van der Waals surface area contributed by atoms with Crippen molar-refractivity contribution in [3.05, 3.63) is 52.5 Å². The molecule has 0 aromatic heterocycles. The van der Waals surface area contributed by atoms with E-state index in [0.29, 0.717) is 5.02 Å². The number of methoxy groups -OCH3 is 1. The molecule has 1 aliphatic rings. The normalized spacial score (nSPS) is 16.8. The van der Waals surface area contributed by atoms with Gasteiger partial charge in [0.1, 0.15) is 5.75 Å². The van der Waals surface area contributed by atoms with Gasteiger partial charge in [-0.05, 0) is 54.3 Å². The summed E-state index contributed by atoms with van der Waals surface area (Å²) in [7, 11) is 1.66. The lowest BCUT2D eigenvalue weighted by molar-refractivity contribution is 0.416. The first-order valence-corrected chi connectivity index (χ1v) is 7.03. The lowest BCUT2D eigenvalue weighted by Crippen LogP contribution is -2.08. The van der Waals surface area contributed by atoms with Crippen LogP contribution in [0.25, 0.3) is 0 Å². The number of fused-ring (bicyclic) bond motifs is 1. The number of nitrogens with two attached hydrogens (primary N) is 1. The number of anilines is 2. The van der Waals surface area contributed by atoms with Crippen molar-refractivity contribution in [1.29, 1.82) is 0 Å². The molecule has 104 valence electrons. The van der Waals surface area contributed by atoms with Crippen LogP contribution >= 0.6 is 11.6 Å². The average Bonchev–Trinajstić information content (AvgIpc) is 2.81. The van der Waals surface area contributed by atoms with E-state index in [9.17, 15) is 0 Å². The van der Waals surface area contributed by atoms with Gasteiger partial charge in [-0.25, -0.2) is 0 Å². The number of benzene rings is 2. The molecule has 4 heteroatoms. The summed E-state index contributed by atoms with van der Waals surface area (Å²) in [6.45, 7) is 0. The fourth-order valence-corrected chi connectivity index (χ4v) is 2.94. The highest BCUT2D eigenvalue weighted by Crippen LogP contribution is 2.37. The number of nitrogens with one attached hydrogen (secondary N) is 1. The lowest BCUT2D eigenvalue weighted by Gasteiger charge is -2.18. The zero-order valence-electron chi connectivity index (χ0n) is 11.3. The van der Waals surface area contributed by atoms with Crippen molar-refractivity contribution in [2.24, 2.45) is 0 Å². The summed E-state index contributed by atoms with van der Waals surface area (Å²) in [6, 6.07) is 12.0. The number of nitrogen functional groups attached to an aromatic ring is 1. The summed E-state index contributed by atoms with van der Waals surface area (Å²) in [5.41, 5.74) is 10.2. The Morgan fingerprint density at radius 1 is 1.25 bits per heavy atom. The highest BCUT2D eigenvalue weighted by Gasteiger charge is 2.23. The molecule has 0 spiro atoms. The summed E-state index contributed by atoms with van der Waals surface area (Å²) >= 11 is 6.07. The molecule has 0 bridgehead atoms. The standard InChI is InChI=1S/C16H17ClN2O/c1-20-16-7-3-11(17)9-15(16)19-14-6-2-10-8-12(18)4-5-13(10)14/h3-5,7-9,14,19H,2,6,18H2,1H3. The van der Waals surface area contributed by atoms with Gasteiger partial charge in [0.2, 0.25) is 0 Å². The molecule has 2 aromatic rings. The molecule has 0 fully saturated rings. The van der Waals surface area contributed by atoms with Crippen LogP contribution in [0, 0.1) is 0 Å². The molecule has 3 nitrogen and oxygen atoms in total. The van der Waals surface area contributed by atoms with Gasteiger partial charge in [0.25, 0.3) is 0 Å². The van der Waals surface area contributed by atoms with Crippen molar-refractivity contribution >= 4 is 23.0 Å². The SMILES string of the molecule is COc1ccc(Cl)cc1NC1CCc2cc(N)ccc21. The number of ether oxygens (including phenoxy) is 1. The van der Waals surface area contributed by atoms with Crippen molar-refractivity contribution < 1.29 is 4.74 Å². The van der Waals surface area contributed by atoms with E-state index in [1.807, 2.05) is 24.3 Å². The van der Waals surface area contributed by atoms with Crippen LogP contribution < -0.4 is 15.8 Å². The van der Waals surface area contributed by atoms with Gasteiger partial charge in [0, 0.05) is 10.7 Å². The van der Waals surface area contributed by atoms with Crippen LogP contribution in [0.1, 0.15) is 23.6 Å². The first-order valence-electron chi connectivity index (χ1n) is 6.66. The van der Waals surface area contributed by atoms with Gasteiger partial charge in [-0.15, -0.1) is 0 Å². The number of aryl methyl sites for hydroxylation is 1. The monoisotopic (exact) mass is 288 g/mol. The van der Waals surface area contributed by atoms with Crippen LogP contribution in [-0.2, 0) is 6.42 Å². The Morgan fingerprint density at radius 3 is 2.90 bits per heavy atom. The molecule has 3 rings (SSSR count). The Hall–Kier alpha value is -1.87. The van der Waals surface area contributed by atoms with Gasteiger partial charge >= 0.3 is 0 Å². The Kier molecular flexibility index (Phi) is 3.45. The molecule has 2 aromatic carbocycles. The second-order valence-corrected chi connectivity index (χ2v) is 5.47. The quantitative estimate of drug-likeness (QED) is 0.838. The van der Waals surface area contributed by atoms with Gasteiger partial charge < -0.3 is 15.8 Å². The van der Waals surface area contributed by atoms with Crippen molar-refractivity contribution in [1.82, 2.24) is 0 Å². The third-order valence-electron chi connectivity index (χ3n) is 3.74. The van der Waals surface area contributed by atoms with Gasteiger partial charge in [-0.2, -0.15) is 0 Å². The van der Waals surface area contributed by atoms with Gasteiger partial charge in [0.15, 0.2) is 0 Å². The molecule has 1 aliphatic carbocycles. The molecule has 1 unspecified atom stereocenters. The van der Waals surface area contributed by atoms with Crippen molar-refractivity contribution in [3.63, 3.8) is 0 Å². The molecule has 1 atom stereocenters. The van der Waals surface area contributed by atoms with Crippen molar-refractivity contribution in [2.45, 2.75) is 18.9 Å². The molecular weight excluding hydrogens is 272 g/mol. The minimum Gasteiger partial charge on any atom is -0.495 e. The molecule has 0 radical (unpaired) electrons. The Bertz CT molecular complexity index is 642. The Morgan fingerprint density at radius 2 is 2.10 bits per heavy atom. The largest absolute Gasteiger partial charge is 0.495 e. The number of halogens is 1. The second kappa shape index (κ2) is 5.25. The first-order chi connectivity index (χ1) is 9.67. The van der Waals surface area contributed by atoms with Crippen LogP contribution in [0.2, 0.25) is 5.02 Å². The van der Waals surface area contributed by atoms with Crippen LogP contribution in [0.5, 0.6) is 5.75 Å². The summed E-state index contributed by atoms with van der Waals surface area (Å²) in [5, 5.41) is 4.22.